The number of ether oxygens (including phenoxy) is 3. The van der Waals surface area contributed by atoms with Crippen LogP contribution < -0.4 is 20.1 Å². The van der Waals surface area contributed by atoms with E-state index in [0.29, 0.717) is 22.3 Å². The molecule has 0 aliphatic rings. The van der Waals surface area contributed by atoms with Crippen LogP contribution in [0.25, 0.3) is 10.9 Å². The average molecular weight is 551 g/mol. The van der Waals surface area contributed by atoms with Crippen LogP contribution in [-0.2, 0) is 21.4 Å². The van der Waals surface area contributed by atoms with E-state index in [9.17, 15) is 26.4 Å². The lowest BCUT2D eigenvalue weighted by molar-refractivity contribution is -0.274. The van der Waals surface area contributed by atoms with Gasteiger partial charge in [-0.15, -0.1) is 13.2 Å². The first kappa shape index (κ1) is 26.6. The number of carbonyl (C=O) groups excluding carboxylic acids is 1. The molecule has 0 fully saturated rings. The molecule has 38 heavy (non-hydrogen) atoms. The number of anilines is 2. The molecule has 1 amide bonds. The highest BCUT2D eigenvalue weighted by Gasteiger charge is 2.31. The van der Waals surface area contributed by atoms with Gasteiger partial charge in [0.15, 0.2) is 0 Å². The largest absolute Gasteiger partial charge is 0.573 e. The van der Waals surface area contributed by atoms with Crippen molar-refractivity contribution in [2.75, 3.05) is 19.5 Å². The molecule has 4 rings (SSSR count). The van der Waals surface area contributed by atoms with Crippen LogP contribution in [0.4, 0.5) is 29.3 Å². The monoisotopic (exact) mass is 550 g/mol. The van der Waals surface area contributed by atoms with Crippen molar-refractivity contribution in [1.82, 2.24) is 14.3 Å². The standard InChI is InChI=1S/C24H21F3N4O6S/c1-28-23(32)36-14-15-13-31(38(33,34)18-4-3-9-29-12-18)21-10-16(5-7-19(15)21)30-20-8-6-17(11-22(20)35-2)37-24(25,26)27/h3-13,30H,14H2,1-2H3,(H,28,32). The number of alkyl carbamates (subject to hydrolysis) is 1. The summed E-state index contributed by atoms with van der Waals surface area (Å²) in [6.45, 7) is -0.201. The third kappa shape index (κ3) is 5.75. The lowest BCUT2D eigenvalue weighted by Gasteiger charge is -2.15. The Balaban J connectivity index is 1.76. The number of rotatable bonds is 8. The number of methoxy groups -OCH3 is 1. The number of fused-ring (bicyclic) bond motifs is 1. The second-order valence-electron chi connectivity index (χ2n) is 7.74. The summed E-state index contributed by atoms with van der Waals surface area (Å²) in [6.07, 6.45) is -1.56. The zero-order chi connectivity index (χ0) is 27.5. The molecule has 14 heteroatoms. The van der Waals surface area contributed by atoms with Gasteiger partial charge < -0.3 is 24.8 Å². The second-order valence-corrected chi connectivity index (χ2v) is 9.55. The van der Waals surface area contributed by atoms with Gasteiger partial charge in [0.2, 0.25) is 0 Å². The third-order valence-corrected chi connectivity index (χ3v) is 6.95. The molecule has 2 aromatic heterocycles. The topological polar surface area (TPSA) is 121 Å². The van der Waals surface area contributed by atoms with E-state index in [1.165, 1.54) is 57.0 Å². The average Bonchev–Trinajstić information content (AvgIpc) is 3.26. The molecule has 2 N–H and O–H groups in total. The SMILES string of the molecule is CNC(=O)OCc1cn(S(=O)(=O)c2cccnc2)c2cc(Nc3ccc(OC(F)(F)F)cc3OC)ccc12. The molecule has 0 saturated heterocycles. The van der Waals surface area contributed by atoms with Crippen LogP contribution in [0.5, 0.6) is 11.5 Å². The summed E-state index contributed by atoms with van der Waals surface area (Å²) in [5, 5.41) is 5.83. The molecule has 0 atom stereocenters. The van der Waals surface area contributed by atoms with Crippen molar-refractivity contribution >= 4 is 38.4 Å². The van der Waals surface area contributed by atoms with Gasteiger partial charge in [-0.1, -0.05) is 6.07 Å². The molecule has 0 aliphatic heterocycles. The predicted molar refractivity (Wildman–Crippen MR) is 131 cm³/mol. The molecular weight excluding hydrogens is 529 g/mol. The minimum Gasteiger partial charge on any atom is -0.494 e. The number of nitrogens with zero attached hydrogens (tertiary/aromatic N) is 2. The number of carbonyl (C=O) groups is 1. The van der Waals surface area contributed by atoms with Crippen molar-refractivity contribution in [3.8, 4) is 11.5 Å². The quantitative estimate of drug-likeness (QED) is 0.322. The van der Waals surface area contributed by atoms with Crippen LogP contribution in [0.3, 0.4) is 0 Å². The van der Waals surface area contributed by atoms with Gasteiger partial charge in [-0.05, 0) is 36.4 Å². The fourth-order valence-corrected chi connectivity index (χ4v) is 4.96. The number of alkyl halides is 3. The van der Waals surface area contributed by atoms with Gasteiger partial charge >= 0.3 is 12.5 Å². The molecule has 0 saturated carbocycles. The Labute approximate surface area is 215 Å². The molecule has 10 nitrogen and oxygen atoms in total. The van der Waals surface area contributed by atoms with E-state index in [-0.39, 0.29) is 22.8 Å². The number of nitrogens with one attached hydrogen (secondary N) is 2. The summed E-state index contributed by atoms with van der Waals surface area (Å²) in [5.74, 6) is -0.405. The normalized spacial score (nSPS) is 11.7. The summed E-state index contributed by atoms with van der Waals surface area (Å²) in [7, 11) is -1.41. The number of halogens is 3. The molecule has 4 aromatic rings. The van der Waals surface area contributed by atoms with Crippen LogP contribution >= 0.6 is 0 Å². The Kier molecular flexibility index (Phi) is 7.35. The first-order valence-electron chi connectivity index (χ1n) is 10.9. The number of aromatic nitrogens is 2. The van der Waals surface area contributed by atoms with Crippen LogP contribution in [-0.4, -0.2) is 44.0 Å². The highest BCUT2D eigenvalue weighted by molar-refractivity contribution is 7.90. The van der Waals surface area contributed by atoms with Gasteiger partial charge in [-0.25, -0.2) is 17.2 Å². The van der Waals surface area contributed by atoms with Gasteiger partial charge in [-0.3, -0.25) is 4.98 Å². The van der Waals surface area contributed by atoms with Crippen molar-refractivity contribution in [3.05, 3.63) is 72.7 Å². The maximum atomic E-state index is 13.4. The number of pyridine rings is 1. The van der Waals surface area contributed by atoms with Crippen molar-refractivity contribution in [3.63, 3.8) is 0 Å². The third-order valence-electron chi connectivity index (χ3n) is 5.29. The van der Waals surface area contributed by atoms with Crippen molar-refractivity contribution in [2.24, 2.45) is 0 Å². The highest BCUT2D eigenvalue weighted by atomic mass is 32.2. The summed E-state index contributed by atoms with van der Waals surface area (Å²) in [4.78, 5) is 15.4. The minimum atomic E-state index is -4.87. The van der Waals surface area contributed by atoms with Gasteiger partial charge in [0, 0.05) is 48.3 Å². The Morgan fingerprint density at radius 3 is 2.58 bits per heavy atom. The van der Waals surface area contributed by atoms with E-state index < -0.39 is 28.2 Å². The van der Waals surface area contributed by atoms with E-state index in [4.69, 9.17) is 9.47 Å². The van der Waals surface area contributed by atoms with E-state index >= 15 is 0 Å². The molecular formula is C24H21F3N4O6S. The lowest BCUT2D eigenvalue weighted by Crippen LogP contribution is -2.18. The number of hydrogen-bond donors (Lipinski definition) is 2. The zero-order valence-electron chi connectivity index (χ0n) is 19.9. The molecule has 200 valence electrons. The van der Waals surface area contributed by atoms with Gasteiger partial charge in [-0.2, -0.15) is 0 Å². The Morgan fingerprint density at radius 1 is 1.13 bits per heavy atom. The van der Waals surface area contributed by atoms with Crippen LogP contribution in [0.1, 0.15) is 5.56 Å². The van der Waals surface area contributed by atoms with Gasteiger partial charge in [0.1, 0.15) is 23.0 Å². The Hall–Kier alpha value is -4.46. The first-order valence-corrected chi connectivity index (χ1v) is 12.3. The molecule has 0 radical (unpaired) electrons. The Morgan fingerprint density at radius 2 is 1.92 bits per heavy atom. The molecule has 0 aliphatic carbocycles. The number of hydrogen-bond acceptors (Lipinski definition) is 8. The van der Waals surface area contributed by atoms with E-state index in [2.05, 4.69) is 20.4 Å². The van der Waals surface area contributed by atoms with Gasteiger partial charge in [0.05, 0.1) is 18.3 Å². The van der Waals surface area contributed by atoms with Crippen molar-refractivity contribution in [2.45, 2.75) is 17.9 Å². The molecule has 0 unspecified atom stereocenters. The maximum Gasteiger partial charge on any atom is 0.573 e. The summed E-state index contributed by atoms with van der Waals surface area (Å²) >= 11 is 0. The first-order chi connectivity index (χ1) is 18.0. The summed E-state index contributed by atoms with van der Waals surface area (Å²) in [5.41, 5.74) is 1.39. The molecule has 0 spiro atoms. The fourth-order valence-electron chi connectivity index (χ4n) is 3.61. The van der Waals surface area contributed by atoms with E-state index in [0.717, 1.165) is 16.1 Å². The van der Waals surface area contributed by atoms with E-state index in [1.54, 1.807) is 12.1 Å². The second kappa shape index (κ2) is 10.5. The fraction of sp³-hybridized carbons (Fsp3) is 0.167. The minimum absolute atomic E-state index is 0.0593. The molecule has 0 bridgehead atoms. The lowest BCUT2D eigenvalue weighted by atomic mass is 10.1. The van der Waals surface area contributed by atoms with Crippen molar-refractivity contribution < 1.29 is 40.6 Å². The maximum absolute atomic E-state index is 13.4. The van der Waals surface area contributed by atoms with Gasteiger partial charge in [0.25, 0.3) is 10.0 Å². The predicted octanol–water partition coefficient (Wildman–Crippen LogP) is 4.78. The van der Waals surface area contributed by atoms with Crippen molar-refractivity contribution in [1.29, 1.82) is 0 Å². The van der Waals surface area contributed by atoms with Crippen LogP contribution in [0, 0.1) is 0 Å². The summed E-state index contributed by atoms with van der Waals surface area (Å²) < 4.78 is 79.9. The molecule has 2 heterocycles. The number of benzene rings is 2. The van der Waals surface area contributed by atoms with Crippen LogP contribution in [0.2, 0.25) is 0 Å². The Bertz CT molecular complexity index is 1570. The summed E-state index contributed by atoms with van der Waals surface area (Å²) in [6, 6.07) is 11.2. The number of amides is 1. The smallest absolute Gasteiger partial charge is 0.494 e. The zero-order valence-corrected chi connectivity index (χ0v) is 20.8. The molecule has 2 aromatic carbocycles. The highest BCUT2D eigenvalue weighted by Crippen LogP contribution is 2.35. The van der Waals surface area contributed by atoms with E-state index in [1.807, 2.05) is 0 Å². The van der Waals surface area contributed by atoms with Crippen LogP contribution in [0.15, 0.2) is 72.0 Å².